The van der Waals surface area contributed by atoms with Gasteiger partial charge < -0.3 is 15.3 Å². The normalized spacial score (nSPS) is 10.3. The lowest BCUT2D eigenvalue weighted by molar-refractivity contribution is -0.138. The second-order valence-corrected chi connectivity index (χ2v) is 8.09. The topological polar surface area (TPSA) is 112 Å². The number of carbonyl (C=O) groups is 3. The van der Waals surface area contributed by atoms with E-state index in [0.29, 0.717) is 6.42 Å². The third-order valence-corrected chi connectivity index (χ3v) is 5.03. The largest absolute Gasteiger partial charge is 0.481 e. The molecule has 0 atom stereocenters. The van der Waals surface area contributed by atoms with Crippen molar-refractivity contribution in [1.82, 2.24) is 0 Å². The van der Waals surface area contributed by atoms with E-state index in [2.05, 4.69) is 6.92 Å². The molecule has 0 spiro atoms. The first-order chi connectivity index (χ1) is 14.4. The van der Waals surface area contributed by atoms with Crippen LogP contribution in [0, 0.1) is 0 Å². The summed E-state index contributed by atoms with van der Waals surface area (Å²) in [7, 11) is 0. The Balaban J connectivity index is 0. The van der Waals surface area contributed by atoms with E-state index in [9.17, 15) is 14.4 Å². The molecule has 0 radical (unpaired) electrons. The zero-order valence-corrected chi connectivity index (χ0v) is 19.2. The van der Waals surface area contributed by atoms with Gasteiger partial charge in [-0.15, -0.1) is 0 Å². The van der Waals surface area contributed by atoms with Gasteiger partial charge in [-0.2, -0.15) is 0 Å². The summed E-state index contributed by atoms with van der Waals surface area (Å²) in [6.07, 6.45) is 20.0. The quantitative estimate of drug-likeness (QED) is 0.168. The number of carboxylic acids is 3. The van der Waals surface area contributed by atoms with Crippen molar-refractivity contribution >= 4 is 17.9 Å². The molecule has 0 aromatic carbocycles. The summed E-state index contributed by atoms with van der Waals surface area (Å²) in [6, 6.07) is 0. The first-order valence-corrected chi connectivity index (χ1v) is 12.1. The van der Waals surface area contributed by atoms with E-state index in [1.807, 2.05) is 0 Å². The van der Waals surface area contributed by atoms with Crippen molar-refractivity contribution in [2.75, 3.05) is 0 Å². The Morgan fingerprint density at radius 3 is 0.800 bits per heavy atom. The van der Waals surface area contributed by atoms with E-state index in [0.717, 1.165) is 64.2 Å². The Labute approximate surface area is 183 Å². The number of aliphatic carboxylic acids is 3. The Hall–Kier alpha value is -1.59. The molecule has 0 saturated heterocycles. The van der Waals surface area contributed by atoms with Gasteiger partial charge in [0.2, 0.25) is 0 Å². The Bertz CT molecular complexity index is 387. The van der Waals surface area contributed by atoms with Gasteiger partial charge in [-0.3, -0.25) is 14.4 Å². The van der Waals surface area contributed by atoms with Crippen LogP contribution < -0.4 is 0 Å². The van der Waals surface area contributed by atoms with Crippen LogP contribution in [0.2, 0.25) is 0 Å². The number of hydrogen-bond acceptors (Lipinski definition) is 3. The predicted octanol–water partition coefficient (Wildman–Crippen LogP) is 7.05. The molecular formula is C24H46O6. The van der Waals surface area contributed by atoms with Crippen molar-refractivity contribution in [3.8, 4) is 0 Å². The Morgan fingerprint density at radius 1 is 0.400 bits per heavy atom. The lowest BCUT2D eigenvalue weighted by atomic mass is 10.1. The van der Waals surface area contributed by atoms with Gasteiger partial charge in [0.15, 0.2) is 0 Å². The van der Waals surface area contributed by atoms with Crippen LogP contribution in [-0.4, -0.2) is 33.2 Å². The minimum atomic E-state index is -0.714. The summed E-state index contributed by atoms with van der Waals surface area (Å²) >= 11 is 0. The minimum Gasteiger partial charge on any atom is -0.481 e. The van der Waals surface area contributed by atoms with Crippen LogP contribution in [0.15, 0.2) is 0 Å². The zero-order chi connectivity index (χ0) is 22.9. The monoisotopic (exact) mass is 430 g/mol. The third kappa shape index (κ3) is 34.0. The van der Waals surface area contributed by atoms with Crippen LogP contribution in [0.1, 0.15) is 135 Å². The maximum atomic E-state index is 10.2. The molecule has 0 aromatic heterocycles. The van der Waals surface area contributed by atoms with Gasteiger partial charge in [0.1, 0.15) is 0 Å². The molecule has 178 valence electrons. The van der Waals surface area contributed by atoms with Crippen LogP contribution in [0.3, 0.4) is 0 Å². The van der Waals surface area contributed by atoms with Gasteiger partial charge in [-0.1, -0.05) is 96.8 Å². The maximum Gasteiger partial charge on any atom is 0.303 e. The maximum absolute atomic E-state index is 10.2. The predicted molar refractivity (Wildman–Crippen MR) is 121 cm³/mol. The van der Waals surface area contributed by atoms with Crippen molar-refractivity contribution in [2.24, 2.45) is 0 Å². The summed E-state index contributed by atoms with van der Waals surface area (Å²) in [5.41, 5.74) is 0. The highest BCUT2D eigenvalue weighted by atomic mass is 16.4. The highest BCUT2D eigenvalue weighted by Gasteiger charge is 1.98. The van der Waals surface area contributed by atoms with Gasteiger partial charge in [0, 0.05) is 19.3 Å². The summed E-state index contributed by atoms with van der Waals surface area (Å²) in [5, 5.41) is 25.2. The van der Waals surface area contributed by atoms with E-state index in [1.54, 1.807) is 0 Å². The van der Waals surface area contributed by atoms with E-state index < -0.39 is 17.9 Å². The number of unbranched alkanes of at least 4 members (excludes halogenated alkanes) is 15. The molecule has 0 bridgehead atoms. The first-order valence-electron chi connectivity index (χ1n) is 12.1. The van der Waals surface area contributed by atoms with E-state index >= 15 is 0 Å². The standard InChI is InChI=1S/C12H22O4.C12H24O2/c13-11(14)9-7-5-3-1-2-4-6-8-10-12(15)16;1-2-3-4-5-6-7-8-9-10-11-12(13)14/h1-10H2,(H,13,14)(H,15,16);2-11H2,1H3,(H,13,14). The number of rotatable bonds is 21. The second-order valence-electron chi connectivity index (χ2n) is 8.09. The lowest BCUT2D eigenvalue weighted by Crippen LogP contribution is -1.94. The molecule has 0 saturated carbocycles. The van der Waals surface area contributed by atoms with Gasteiger partial charge in [-0.25, -0.2) is 0 Å². The average molecular weight is 431 g/mol. The number of hydrogen-bond donors (Lipinski definition) is 3. The van der Waals surface area contributed by atoms with Crippen molar-refractivity contribution < 1.29 is 29.7 Å². The van der Waals surface area contributed by atoms with Crippen LogP contribution in [0.25, 0.3) is 0 Å². The van der Waals surface area contributed by atoms with Crippen molar-refractivity contribution in [3.05, 3.63) is 0 Å². The molecule has 0 rings (SSSR count). The van der Waals surface area contributed by atoms with Gasteiger partial charge >= 0.3 is 17.9 Å². The van der Waals surface area contributed by atoms with E-state index in [-0.39, 0.29) is 12.8 Å². The molecule has 0 unspecified atom stereocenters. The highest BCUT2D eigenvalue weighted by Crippen LogP contribution is 2.11. The molecule has 6 heteroatoms. The fraction of sp³-hybridized carbons (Fsp3) is 0.875. The summed E-state index contributed by atoms with van der Waals surface area (Å²) in [6.45, 7) is 2.23. The fourth-order valence-electron chi connectivity index (χ4n) is 3.20. The van der Waals surface area contributed by atoms with Crippen LogP contribution >= 0.6 is 0 Å². The van der Waals surface area contributed by atoms with Crippen molar-refractivity contribution in [3.63, 3.8) is 0 Å². The minimum absolute atomic E-state index is 0.276. The van der Waals surface area contributed by atoms with Gasteiger partial charge in [-0.05, 0) is 19.3 Å². The number of carboxylic acid groups (broad SMARTS) is 3. The molecule has 0 aliphatic carbocycles. The average Bonchev–Trinajstić information content (AvgIpc) is 2.68. The zero-order valence-electron chi connectivity index (χ0n) is 19.2. The molecule has 0 aromatic rings. The Kier molecular flexibility index (Phi) is 26.0. The van der Waals surface area contributed by atoms with Gasteiger partial charge in [0.05, 0.1) is 0 Å². The molecule has 0 aliphatic rings. The van der Waals surface area contributed by atoms with Crippen LogP contribution in [0.5, 0.6) is 0 Å². The molecule has 0 heterocycles. The molecular weight excluding hydrogens is 384 g/mol. The summed E-state index contributed by atoms with van der Waals surface area (Å²) < 4.78 is 0. The summed E-state index contributed by atoms with van der Waals surface area (Å²) in [5.74, 6) is -2.09. The van der Waals surface area contributed by atoms with Gasteiger partial charge in [0.25, 0.3) is 0 Å². The fourth-order valence-corrected chi connectivity index (χ4v) is 3.20. The van der Waals surface area contributed by atoms with Crippen molar-refractivity contribution in [1.29, 1.82) is 0 Å². The van der Waals surface area contributed by atoms with Crippen LogP contribution in [0.4, 0.5) is 0 Å². The second kappa shape index (κ2) is 25.4. The van der Waals surface area contributed by atoms with E-state index in [1.165, 1.54) is 44.9 Å². The molecule has 6 nitrogen and oxygen atoms in total. The SMILES string of the molecule is CCCCCCCCCCCC(=O)O.O=C(O)CCCCCCCCCCC(=O)O. The molecule has 3 N–H and O–H groups in total. The van der Waals surface area contributed by atoms with Crippen molar-refractivity contribution in [2.45, 2.75) is 135 Å². The summed E-state index contributed by atoms with van der Waals surface area (Å²) in [4.78, 5) is 30.6. The lowest BCUT2D eigenvalue weighted by Gasteiger charge is -2.00. The Morgan fingerprint density at radius 2 is 0.600 bits per heavy atom. The molecule has 0 amide bonds. The molecule has 30 heavy (non-hydrogen) atoms. The van der Waals surface area contributed by atoms with Crippen LogP contribution in [-0.2, 0) is 14.4 Å². The highest BCUT2D eigenvalue weighted by molar-refractivity contribution is 5.67. The first kappa shape index (κ1) is 30.6. The molecule has 0 aliphatic heterocycles. The smallest absolute Gasteiger partial charge is 0.303 e. The van der Waals surface area contributed by atoms with E-state index in [4.69, 9.17) is 15.3 Å². The third-order valence-electron chi connectivity index (χ3n) is 5.03. The molecule has 0 fully saturated rings.